The molecule has 0 fully saturated rings. The zero-order valence-corrected chi connectivity index (χ0v) is 8.80. The molecule has 0 amide bonds. The van der Waals surface area contributed by atoms with E-state index in [1.165, 1.54) is 10.8 Å². The predicted molar refractivity (Wildman–Crippen MR) is 66.0 cm³/mol. The third-order valence-electron chi connectivity index (χ3n) is 2.99. The largest absolute Gasteiger partial charge is 0.508 e. The van der Waals surface area contributed by atoms with E-state index in [9.17, 15) is 5.11 Å². The van der Waals surface area contributed by atoms with Crippen LogP contribution in [0.4, 0.5) is 0 Å². The Balaban J connectivity index is 2.43. The normalized spacial score (nSPS) is 21.6. The van der Waals surface area contributed by atoms with Crippen molar-refractivity contribution in [2.75, 3.05) is 0 Å². The van der Waals surface area contributed by atoms with Crippen LogP contribution in [0.15, 0.2) is 60.4 Å². The summed E-state index contributed by atoms with van der Waals surface area (Å²) in [6.45, 7) is 0. The van der Waals surface area contributed by atoms with E-state index in [0.29, 0.717) is 5.76 Å². The molecular weight excluding hydrogens is 196 g/mol. The highest BCUT2D eigenvalue weighted by molar-refractivity contribution is 5.68. The first-order valence-electron chi connectivity index (χ1n) is 5.41. The quantitative estimate of drug-likeness (QED) is 0.689. The molecule has 0 aromatic heterocycles. The van der Waals surface area contributed by atoms with Gasteiger partial charge in [0.2, 0.25) is 0 Å². The SMILES string of the molecule is OC1=CC2C=CC=CC2=c2ccccc2=C1. The van der Waals surface area contributed by atoms with E-state index in [-0.39, 0.29) is 5.92 Å². The van der Waals surface area contributed by atoms with Gasteiger partial charge in [0.15, 0.2) is 0 Å². The summed E-state index contributed by atoms with van der Waals surface area (Å²) < 4.78 is 0. The number of benzene rings is 1. The lowest BCUT2D eigenvalue weighted by Gasteiger charge is -2.12. The maximum atomic E-state index is 9.81. The summed E-state index contributed by atoms with van der Waals surface area (Å²) >= 11 is 0. The Labute approximate surface area is 94.1 Å². The summed E-state index contributed by atoms with van der Waals surface area (Å²) in [7, 11) is 0. The number of fused-ring (bicyclic) bond motifs is 2. The van der Waals surface area contributed by atoms with Gasteiger partial charge >= 0.3 is 0 Å². The lowest BCUT2D eigenvalue weighted by Crippen LogP contribution is -2.27. The molecule has 2 aliphatic carbocycles. The number of aliphatic hydroxyl groups excluding tert-OH is 1. The molecule has 1 unspecified atom stereocenters. The molecule has 2 aliphatic rings. The minimum absolute atomic E-state index is 0.185. The van der Waals surface area contributed by atoms with Crippen molar-refractivity contribution >= 4 is 11.6 Å². The van der Waals surface area contributed by atoms with Crippen molar-refractivity contribution in [3.8, 4) is 0 Å². The van der Waals surface area contributed by atoms with Crippen molar-refractivity contribution < 1.29 is 5.11 Å². The summed E-state index contributed by atoms with van der Waals surface area (Å²) in [6, 6.07) is 8.15. The maximum Gasteiger partial charge on any atom is 0.113 e. The molecule has 0 spiro atoms. The van der Waals surface area contributed by atoms with Crippen molar-refractivity contribution in [2.24, 2.45) is 5.92 Å². The average molecular weight is 208 g/mol. The summed E-state index contributed by atoms with van der Waals surface area (Å²) in [5.74, 6) is 0.525. The Morgan fingerprint density at radius 2 is 1.94 bits per heavy atom. The summed E-state index contributed by atoms with van der Waals surface area (Å²) in [5, 5.41) is 12.1. The van der Waals surface area contributed by atoms with Gasteiger partial charge in [-0.05, 0) is 28.2 Å². The summed E-state index contributed by atoms with van der Waals surface area (Å²) in [6.07, 6.45) is 12.0. The Hall–Kier alpha value is -2.02. The minimum atomic E-state index is 0.185. The van der Waals surface area contributed by atoms with Crippen molar-refractivity contribution in [3.05, 3.63) is 70.8 Å². The average Bonchev–Trinajstić information content (AvgIpc) is 2.44. The fourth-order valence-electron chi connectivity index (χ4n) is 2.25. The molecule has 0 radical (unpaired) electrons. The third kappa shape index (κ3) is 1.41. The number of rotatable bonds is 0. The smallest absolute Gasteiger partial charge is 0.113 e. The van der Waals surface area contributed by atoms with Gasteiger partial charge in [-0.25, -0.2) is 0 Å². The molecular formula is C15H12O. The van der Waals surface area contributed by atoms with Gasteiger partial charge in [0.05, 0.1) is 0 Å². The van der Waals surface area contributed by atoms with Crippen LogP contribution in [0, 0.1) is 5.92 Å². The van der Waals surface area contributed by atoms with Crippen molar-refractivity contribution in [2.45, 2.75) is 0 Å². The number of allylic oxidation sites excluding steroid dienone is 6. The molecule has 1 aromatic rings. The number of aliphatic hydroxyl groups is 1. The first-order valence-corrected chi connectivity index (χ1v) is 5.41. The maximum absolute atomic E-state index is 9.81. The van der Waals surface area contributed by atoms with Crippen molar-refractivity contribution in [1.82, 2.24) is 0 Å². The van der Waals surface area contributed by atoms with Gasteiger partial charge in [-0.3, -0.25) is 0 Å². The first-order chi connectivity index (χ1) is 7.84. The van der Waals surface area contributed by atoms with E-state index in [2.05, 4.69) is 18.2 Å². The standard InChI is InChI=1S/C15H12O/c16-13-9-11-5-1-3-7-14(11)15-8-4-2-6-12(15)10-13/h1-11,16H. The second-order valence-corrected chi connectivity index (χ2v) is 4.05. The third-order valence-corrected chi connectivity index (χ3v) is 2.99. The van der Waals surface area contributed by atoms with Crippen molar-refractivity contribution in [1.29, 1.82) is 0 Å². The van der Waals surface area contributed by atoms with E-state index >= 15 is 0 Å². The number of hydrogen-bond donors (Lipinski definition) is 1. The van der Waals surface area contributed by atoms with Crippen LogP contribution in [0.2, 0.25) is 0 Å². The van der Waals surface area contributed by atoms with Gasteiger partial charge in [0, 0.05) is 5.92 Å². The molecule has 16 heavy (non-hydrogen) atoms. The van der Waals surface area contributed by atoms with E-state index < -0.39 is 0 Å². The van der Waals surface area contributed by atoms with E-state index in [1.54, 1.807) is 0 Å². The van der Waals surface area contributed by atoms with Crippen LogP contribution in [0.1, 0.15) is 0 Å². The molecule has 0 bridgehead atoms. The van der Waals surface area contributed by atoms with Crippen LogP contribution in [0.5, 0.6) is 0 Å². The molecule has 0 saturated carbocycles. The van der Waals surface area contributed by atoms with Crippen LogP contribution in [0.3, 0.4) is 0 Å². The fraction of sp³-hybridized carbons (Fsp3) is 0.0667. The van der Waals surface area contributed by atoms with Crippen LogP contribution >= 0.6 is 0 Å². The van der Waals surface area contributed by atoms with Crippen molar-refractivity contribution in [3.63, 3.8) is 0 Å². The zero-order chi connectivity index (χ0) is 11.0. The molecule has 0 saturated heterocycles. The topological polar surface area (TPSA) is 20.2 Å². The number of hydrogen-bond acceptors (Lipinski definition) is 1. The fourth-order valence-corrected chi connectivity index (χ4v) is 2.25. The summed E-state index contributed by atoms with van der Waals surface area (Å²) in [4.78, 5) is 0. The van der Waals surface area contributed by atoms with E-state index in [0.717, 1.165) is 5.22 Å². The second-order valence-electron chi connectivity index (χ2n) is 4.05. The Bertz CT molecular complexity index is 630. The van der Waals surface area contributed by atoms with E-state index in [1.807, 2.05) is 42.5 Å². The molecule has 0 aliphatic heterocycles. The van der Waals surface area contributed by atoms with Gasteiger partial charge in [-0.2, -0.15) is 0 Å². The Morgan fingerprint density at radius 1 is 1.06 bits per heavy atom. The molecule has 0 heterocycles. The molecule has 1 aromatic carbocycles. The zero-order valence-electron chi connectivity index (χ0n) is 8.80. The highest BCUT2D eigenvalue weighted by Gasteiger charge is 2.12. The molecule has 1 heteroatoms. The molecule has 78 valence electrons. The highest BCUT2D eigenvalue weighted by atomic mass is 16.3. The Morgan fingerprint density at radius 3 is 2.88 bits per heavy atom. The Kier molecular flexibility index (Phi) is 2.03. The second kappa shape index (κ2) is 3.53. The van der Waals surface area contributed by atoms with Gasteiger partial charge in [0.25, 0.3) is 0 Å². The van der Waals surface area contributed by atoms with Crippen LogP contribution in [-0.2, 0) is 0 Å². The van der Waals surface area contributed by atoms with Gasteiger partial charge in [0.1, 0.15) is 5.76 Å². The molecule has 1 nitrogen and oxygen atoms in total. The summed E-state index contributed by atoms with van der Waals surface area (Å²) in [5.41, 5.74) is 1.25. The predicted octanol–water partition coefficient (Wildman–Crippen LogP) is 1.82. The van der Waals surface area contributed by atoms with E-state index in [4.69, 9.17) is 0 Å². The molecule has 1 N–H and O–H groups in total. The molecule has 1 atom stereocenters. The monoisotopic (exact) mass is 208 g/mol. The highest BCUT2D eigenvalue weighted by Crippen LogP contribution is 2.22. The minimum Gasteiger partial charge on any atom is -0.508 e. The van der Waals surface area contributed by atoms with Crippen LogP contribution in [0.25, 0.3) is 11.6 Å². The van der Waals surface area contributed by atoms with Gasteiger partial charge in [-0.15, -0.1) is 0 Å². The first kappa shape index (κ1) is 9.22. The molecule has 3 rings (SSSR count). The van der Waals surface area contributed by atoms with Gasteiger partial charge in [-0.1, -0.05) is 48.6 Å². The lowest BCUT2D eigenvalue weighted by molar-refractivity contribution is 0.438. The van der Waals surface area contributed by atoms with Gasteiger partial charge < -0.3 is 5.11 Å². The van der Waals surface area contributed by atoms with Crippen LogP contribution in [-0.4, -0.2) is 5.11 Å². The van der Waals surface area contributed by atoms with Crippen LogP contribution < -0.4 is 10.4 Å². The lowest BCUT2D eigenvalue weighted by atomic mass is 9.92.